The molecule has 0 aliphatic heterocycles. The second-order valence-corrected chi connectivity index (χ2v) is 4.87. The molecule has 1 aliphatic rings. The summed E-state index contributed by atoms with van der Waals surface area (Å²) >= 11 is 0. The zero-order valence-electron chi connectivity index (χ0n) is 8.49. The molecule has 1 heteroatoms. The van der Waals surface area contributed by atoms with Crippen LogP contribution in [-0.4, -0.2) is 12.6 Å². The molecule has 0 saturated heterocycles. The van der Waals surface area contributed by atoms with Crippen molar-refractivity contribution >= 4 is 0 Å². The van der Waals surface area contributed by atoms with Crippen molar-refractivity contribution in [3.05, 3.63) is 0 Å². The van der Waals surface area contributed by atoms with E-state index in [1.165, 1.54) is 12.8 Å². The third-order valence-corrected chi connectivity index (χ3v) is 3.83. The van der Waals surface area contributed by atoms with E-state index in [0.717, 1.165) is 5.92 Å². The van der Waals surface area contributed by atoms with Gasteiger partial charge in [0, 0.05) is 5.54 Å². The van der Waals surface area contributed by atoms with Crippen LogP contribution >= 0.6 is 0 Å². The molecule has 1 rings (SSSR count). The van der Waals surface area contributed by atoms with E-state index < -0.39 is 0 Å². The standard InChI is InChI=1S/C10H21N/c1-9(2,8-6-7-8)10(3,4)11-5/h8,11H,6-7H2,1-5H3. The smallest absolute Gasteiger partial charge is 0.0175 e. The maximum atomic E-state index is 3.40. The van der Waals surface area contributed by atoms with Gasteiger partial charge in [0.2, 0.25) is 0 Å². The van der Waals surface area contributed by atoms with Gasteiger partial charge < -0.3 is 5.32 Å². The second kappa shape index (κ2) is 2.48. The van der Waals surface area contributed by atoms with Crippen LogP contribution in [0.3, 0.4) is 0 Å². The highest BCUT2D eigenvalue weighted by Gasteiger charge is 2.46. The minimum Gasteiger partial charge on any atom is -0.314 e. The topological polar surface area (TPSA) is 12.0 Å². The van der Waals surface area contributed by atoms with Gasteiger partial charge in [-0.15, -0.1) is 0 Å². The van der Waals surface area contributed by atoms with E-state index in [-0.39, 0.29) is 5.54 Å². The highest BCUT2D eigenvalue weighted by atomic mass is 14.9. The van der Waals surface area contributed by atoms with E-state index in [0.29, 0.717) is 5.41 Å². The Balaban J connectivity index is 2.68. The molecule has 1 aliphatic carbocycles. The van der Waals surface area contributed by atoms with Crippen molar-refractivity contribution in [2.24, 2.45) is 11.3 Å². The SMILES string of the molecule is CNC(C)(C)C(C)(C)C1CC1. The van der Waals surface area contributed by atoms with Gasteiger partial charge in [0.25, 0.3) is 0 Å². The molecule has 1 saturated carbocycles. The van der Waals surface area contributed by atoms with Gasteiger partial charge >= 0.3 is 0 Å². The lowest BCUT2D eigenvalue weighted by Gasteiger charge is -2.42. The van der Waals surface area contributed by atoms with Crippen molar-refractivity contribution in [3.8, 4) is 0 Å². The Morgan fingerprint density at radius 3 is 1.82 bits per heavy atom. The molecule has 66 valence electrons. The van der Waals surface area contributed by atoms with Crippen LogP contribution in [0.5, 0.6) is 0 Å². The van der Waals surface area contributed by atoms with Gasteiger partial charge in [0.05, 0.1) is 0 Å². The van der Waals surface area contributed by atoms with Gasteiger partial charge in [0.15, 0.2) is 0 Å². The Morgan fingerprint density at radius 1 is 1.09 bits per heavy atom. The molecule has 1 fully saturated rings. The van der Waals surface area contributed by atoms with Crippen LogP contribution in [0.2, 0.25) is 0 Å². The first kappa shape index (κ1) is 9.05. The fourth-order valence-electron chi connectivity index (χ4n) is 1.64. The molecule has 0 amide bonds. The number of rotatable bonds is 3. The zero-order valence-corrected chi connectivity index (χ0v) is 8.49. The van der Waals surface area contributed by atoms with Crippen molar-refractivity contribution in [3.63, 3.8) is 0 Å². The number of hydrogen-bond donors (Lipinski definition) is 1. The molecule has 0 bridgehead atoms. The van der Waals surface area contributed by atoms with Gasteiger partial charge in [-0.3, -0.25) is 0 Å². The summed E-state index contributed by atoms with van der Waals surface area (Å²) in [7, 11) is 2.06. The minimum absolute atomic E-state index is 0.272. The summed E-state index contributed by atoms with van der Waals surface area (Å²) in [5.74, 6) is 0.949. The Hall–Kier alpha value is -0.0400. The maximum absolute atomic E-state index is 3.40. The quantitative estimate of drug-likeness (QED) is 0.660. The number of hydrogen-bond acceptors (Lipinski definition) is 1. The monoisotopic (exact) mass is 155 g/mol. The largest absolute Gasteiger partial charge is 0.314 e. The fourth-order valence-corrected chi connectivity index (χ4v) is 1.64. The van der Waals surface area contributed by atoms with Gasteiger partial charge in [-0.25, -0.2) is 0 Å². The Morgan fingerprint density at radius 2 is 1.55 bits per heavy atom. The first-order chi connectivity index (χ1) is 4.92. The summed E-state index contributed by atoms with van der Waals surface area (Å²) in [5.41, 5.74) is 0.718. The molecule has 0 radical (unpaired) electrons. The summed E-state index contributed by atoms with van der Waals surface area (Å²) in [6.45, 7) is 9.35. The predicted octanol–water partition coefficient (Wildman–Crippen LogP) is 2.42. The lowest BCUT2D eigenvalue weighted by Crippen LogP contribution is -2.50. The third kappa shape index (κ3) is 1.44. The first-order valence-electron chi connectivity index (χ1n) is 4.61. The molecule has 0 atom stereocenters. The van der Waals surface area contributed by atoms with Crippen LogP contribution in [0.4, 0.5) is 0 Å². The van der Waals surface area contributed by atoms with Crippen LogP contribution < -0.4 is 5.32 Å². The summed E-state index contributed by atoms with van der Waals surface area (Å²) < 4.78 is 0. The van der Waals surface area contributed by atoms with E-state index >= 15 is 0 Å². The van der Waals surface area contributed by atoms with Crippen molar-refractivity contribution < 1.29 is 0 Å². The highest BCUT2D eigenvalue weighted by Crippen LogP contribution is 2.50. The average molecular weight is 155 g/mol. The van der Waals surface area contributed by atoms with Crippen molar-refractivity contribution in [2.45, 2.75) is 46.1 Å². The van der Waals surface area contributed by atoms with E-state index in [2.05, 4.69) is 40.1 Å². The van der Waals surface area contributed by atoms with E-state index in [4.69, 9.17) is 0 Å². The Kier molecular flexibility index (Phi) is 2.04. The molecule has 0 aromatic carbocycles. The van der Waals surface area contributed by atoms with Crippen molar-refractivity contribution in [1.29, 1.82) is 0 Å². The molecule has 11 heavy (non-hydrogen) atoms. The van der Waals surface area contributed by atoms with Crippen LogP contribution in [0.1, 0.15) is 40.5 Å². The molecular weight excluding hydrogens is 134 g/mol. The fraction of sp³-hybridized carbons (Fsp3) is 1.00. The van der Waals surface area contributed by atoms with Crippen LogP contribution in [0.15, 0.2) is 0 Å². The van der Waals surface area contributed by atoms with Crippen LogP contribution in [0, 0.1) is 11.3 Å². The molecule has 0 spiro atoms. The zero-order chi connectivity index (χ0) is 8.70. The average Bonchev–Trinajstić information content (AvgIpc) is 2.68. The van der Waals surface area contributed by atoms with Gasteiger partial charge in [-0.1, -0.05) is 13.8 Å². The van der Waals surface area contributed by atoms with E-state index in [9.17, 15) is 0 Å². The summed E-state index contributed by atoms with van der Waals surface area (Å²) in [4.78, 5) is 0. The molecule has 1 N–H and O–H groups in total. The molecule has 1 nitrogen and oxygen atoms in total. The van der Waals surface area contributed by atoms with Crippen molar-refractivity contribution in [2.75, 3.05) is 7.05 Å². The Bertz CT molecular complexity index is 143. The maximum Gasteiger partial charge on any atom is 0.0175 e. The van der Waals surface area contributed by atoms with Crippen molar-refractivity contribution in [1.82, 2.24) is 5.32 Å². The normalized spacial score (nSPS) is 20.5. The molecule has 0 unspecified atom stereocenters. The van der Waals surface area contributed by atoms with Crippen LogP contribution in [-0.2, 0) is 0 Å². The van der Waals surface area contributed by atoms with Gasteiger partial charge in [-0.2, -0.15) is 0 Å². The number of nitrogens with one attached hydrogen (secondary N) is 1. The summed E-state index contributed by atoms with van der Waals surface area (Å²) in [6.07, 6.45) is 2.86. The lowest BCUT2D eigenvalue weighted by atomic mass is 9.71. The molecule has 0 aromatic rings. The Labute approximate surface area is 70.6 Å². The van der Waals surface area contributed by atoms with Gasteiger partial charge in [0.1, 0.15) is 0 Å². The lowest BCUT2D eigenvalue weighted by molar-refractivity contribution is 0.135. The molecule has 0 aromatic heterocycles. The highest BCUT2D eigenvalue weighted by molar-refractivity contribution is 5.01. The second-order valence-electron chi connectivity index (χ2n) is 4.87. The first-order valence-corrected chi connectivity index (χ1v) is 4.61. The van der Waals surface area contributed by atoms with Gasteiger partial charge in [-0.05, 0) is 45.1 Å². The van der Waals surface area contributed by atoms with Crippen LogP contribution in [0.25, 0.3) is 0 Å². The van der Waals surface area contributed by atoms with E-state index in [1.54, 1.807) is 0 Å². The summed E-state index contributed by atoms with van der Waals surface area (Å²) in [6, 6.07) is 0. The third-order valence-electron chi connectivity index (χ3n) is 3.83. The summed E-state index contributed by atoms with van der Waals surface area (Å²) in [5, 5.41) is 3.40. The van der Waals surface area contributed by atoms with E-state index in [1.807, 2.05) is 0 Å². The molecular formula is C10H21N. The molecule has 0 heterocycles. The minimum atomic E-state index is 0.272. The predicted molar refractivity (Wildman–Crippen MR) is 49.6 cm³/mol.